The fourth-order valence-corrected chi connectivity index (χ4v) is 12.0. The van der Waals surface area contributed by atoms with Crippen LogP contribution in [0.5, 0.6) is 0 Å². The fourth-order valence-electron chi connectivity index (χ4n) is 10.5. The van der Waals surface area contributed by atoms with Gasteiger partial charge >= 0.3 is 39.5 Å². The molecule has 0 saturated heterocycles. The van der Waals surface area contributed by atoms with E-state index in [1.54, 1.807) is 0 Å². The van der Waals surface area contributed by atoms with Crippen molar-refractivity contribution >= 4 is 39.5 Å². The highest BCUT2D eigenvalue weighted by Gasteiger charge is 2.30. The van der Waals surface area contributed by atoms with Crippen LogP contribution in [0.2, 0.25) is 0 Å². The number of phosphoric ester groups is 2. The van der Waals surface area contributed by atoms with Crippen molar-refractivity contribution in [3.05, 3.63) is 122 Å². The third-order valence-electron chi connectivity index (χ3n) is 16.5. The molecule has 0 saturated carbocycles. The summed E-state index contributed by atoms with van der Waals surface area (Å²) in [6.45, 7) is 4.57. The monoisotopic (exact) mass is 1470 g/mol. The summed E-state index contributed by atoms with van der Waals surface area (Å²) >= 11 is 0. The lowest BCUT2D eigenvalue weighted by molar-refractivity contribution is -0.161. The minimum Gasteiger partial charge on any atom is -0.462 e. The van der Waals surface area contributed by atoms with Gasteiger partial charge in [-0.15, -0.1) is 0 Å². The summed E-state index contributed by atoms with van der Waals surface area (Å²) in [6, 6.07) is 0. The molecule has 0 aromatic carbocycles. The number of aliphatic hydroxyl groups excluding tert-OH is 1. The Bertz CT molecular complexity index is 2410. The number of allylic oxidation sites excluding steroid dienone is 20. The molecule has 586 valence electrons. The van der Waals surface area contributed by atoms with Crippen molar-refractivity contribution in [3.63, 3.8) is 0 Å². The Morgan fingerprint density at radius 2 is 0.520 bits per heavy atom. The minimum atomic E-state index is -4.99. The first-order chi connectivity index (χ1) is 49.7. The summed E-state index contributed by atoms with van der Waals surface area (Å²) in [7, 11) is -9.97. The summed E-state index contributed by atoms with van der Waals surface area (Å²) in [4.78, 5) is 72.9. The third kappa shape index (κ3) is 73.8. The number of rotatable bonds is 74. The van der Waals surface area contributed by atoms with Crippen LogP contribution in [0.3, 0.4) is 0 Å². The van der Waals surface area contributed by atoms with Crippen LogP contribution in [0.4, 0.5) is 0 Å². The highest BCUT2D eigenvalue weighted by Crippen LogP contribution is 2.45. The predicted octanol–water partition coefficient (Wildman–Crippen LogP) is 23.1. The second-order valence-corrected chi connectivity index (χ2v) is 29.2. The van der Waals surface area contributed by atoms with Crippen LogP contribution in [0, 0.1) is 0 Å². The van der Waals surface area contributed by atoms with Gasteiger partial charge in [0.25, 0.3) is 0 Å². The van der Waals surface area contributed by atoms with Gasteiger partial charge in [-0.3, -0.25) is 37.3 Å². The molecule has 0 amide bonds. The van der Waals surface area contributed by atoms with Crippen molar-refractivity contribution < 1.29 is 80.2 Å². The summed E-state index contributed by atoms with van der Waals surface area (Å²) < 4.78 is 68.5. The van der Waals surface area contributed by atoms with Gasteiger partial charge in [0.15, 0.2) is 12.2 Å². The summed E-state index contributed by atoms with van der Waals surface area (Å²) in [5.74, 6) is -2.27. The van der Waals surface area contributed by atoms with Gasteiger partial charge in [-0.2, -0.15) is 0 Å². The van der Waals surface area contributed by atoms with E-state index in [9.17, 15) is 43.2 Å². The molecule has 0 fully saturated rings. The van der Waals surface area contributed by atoms with Crippen molar-refractivity contribution in [1.29, 1.82) is 0 Å². The molecule has 5 atom stereocenters. The SMILES string of the molecule is CC/C=C\C/C=C\C/C=C\C/C=C\C/C=C\CCCCCC(=O)OCC(COP(=O)(O)OCC(O)COP(=O)(O)OCC(COC(=O)CCC/C=C\C/C=C\C/C=C\C/C=C\C/C=C\CC)OC(=O)CCCCCCCCCCCCCCCCC)OC(=O)CCCCCCCCCCCCC. The van der Waals surface area contributed by atoms with Crippen LogP contribution in [-0.2, 0) is 65.4 Å². The molecule has 0 rings (SSSR count). The molecule has 17 nitrogen and oxygen atoms in total. The molecular weight excluding hydrogens is 1330 g/mol. The maximum Gasteiger partial charge on any atom is 0.472 e. The van der Waals surface area contributed by atoms with E-state index >= 15 is 0 Å². The maximum atomic E-state index is 13.1. The predicted molar refractivity (Wildman–Crippen MR) is 418 cm³/mol. The van der Waals surface area contributed by atoms with Gasteiger partial charge in [0.05, 0.1) is 26.4 Å². The largest absolute Gasteiger partial charge is 0.472 e. The highest BCUT2D eigenvalue weighted by atomic mass is 31.2. The normalized spacial score (nSPS) is 14.5. The molecule has 0 aliphatic rings. The molecule has 19 heteroatoms. The van der Waals surface area contributed by atoms with E-state index in [-0.39, 0.29) is 25.7 Å². The Morgan fingerprint density at radius 1 is 0.284 bits per heavy atom. The van der Waals surface area contributed by atoms with Crippen molar-refractivity contribution in [2.45, 2.75) is 341 Å². The molecule has 0 aromatic rings. The Labute approximate surface area is 619 Å². The topological polar surface area (TPSA) is 237 Å². The van der Waals surface area contributed by atoms with Crippen molar-refractivity contribution in [1.82, 2.24) is 0 Å². The first-order valence-corrected chi connectivity index (χ1v) is 42.8. The van der Waals surface area contributed by atoms with Gasteiger partial charge in [0.1, 0.15) is 19.3 Å². The van der Waals surface area contributed by atoms with Crippen LogP contribution in [0.1, 0.15) is 323 Å². The lowest BCUT2D eigenvalue weighted by atomic mass is 10.0. The second kappa shape index (κ2) is 74.7. The van der Waals surface area contributed by atoms with Crippen LogP contribution in [0.25, 0.3) is 0 Å². The summed E-state index contributed by atoms with van der Waals surface area (Å²) in [5.41, 5.74) is 0. The number of carbonyl (C=O) groups excluding carboxylic acids is 4. The molecular formula is C83H142O17P2. The Hall–Kier alpha value is -4.54. The maximum absolute atomic E-state index is 13.1. The Balaban J connectivity index is 5.38. The zero-order valence-corrected chi connectivity index (χ0v) is 65.8. The molecule has 3 N–H and O–H groups in total. The molecule has 0 radical (unpaired) electrons. The van der Waals surface area contributed by atoms with Crippen molar-refractivity contribution in [2.24, 2.45) is 0 Å². The van der Waals surface area contributed by atoms with Gasteiger partial charge in [0, 0.05) is 25.7 Å². The average Bonchev–Trinajstić information content (AvgIpc) is 0.926. The van der Waals surface area contributed by atoms with Crippen LogP contribution < -0.4 is 0 Å². The zero-order chi connectivity index (χ0) is 74.6. The van der Waals surface area contributed by atoms with E-state index in [0.29, 0.717) is 32.1 Å². The first-order valence-electron chi connectivity index (χ1n) is 39.8. The zero-order valence-electron chi connectivity index (χ0n) is 64.0. The van der Waals surface area contributed by atoms with E-state index in [2.05, 4.69) is 137 Å². The Kier molecular flexibility index (Phi) is 71.4. The highest BCUT2D eigenvalue weighted by molar-refractivity contribution is 7.47. The number of esters is 4. The number of phosphoric acid groups is 2. The van der Waals surface area contributed by atoms with Gasteiger partial charge in [-0.1, -0.05) is 310 Å². The summed E-state index contributed by atoms with van der Waals surface area (Å²) in [5, 5.41) is 10.6. The Morgan fingerprint density at radius 3 is 0.824 bits per heavy atom. The fraction of sp³-hybridized carbons (Fsp3) is 0.711. The van der Waals surface area contributed by atoms with E-state index in [4.69, 9.17) is 37.0 Å². The molecule has 5 unspecified atom stereocenters. The van der Waals surface area contributed by atoms with Crippen LogP contribution >= 0.6 is 15.6 Å². The molecule has 0 aliphatic carbocycles. The quantitative estimate of drug-likeness (QED) is 0.0169. The average molecular weight is 1470 g/mol. The molecule has 0 bridgehead atoms. The first kappa shape index (κ1) is 97.5. The number of hydrogen-bond acceptors (Lipinski definition) is 15. The van der Waals surface area contributed by atoms with E-state index in [1.165, 1.54) is 103 Å². The van der Waals surface area contributed by atoms with Crippen molar-refractivity contribution in [3.8, 4) is 0 Å². The van der Waals surface area contributed by atoms with E-state index in [1.807, 2.05) is 12.2 Å². The molecule has 0 aliphatic heterocycles. The number of carbonyl (C=O) groups is 4. The summed E-state index contributed by atoms with van der Waals surface area (Å²) in [6.07, 6.45) is 81.9. The molecule has 0 spiro atoms. The standard InChI is InChI=1S/C83H142O17P2/c1-5-9-13-17-21-25-29-32-35-37-38-40-43-45-49-52-56-60-64-68-80(85)93-73-78(99-82(87)69-65-61-57-53-47-28-24-20-16-12-8-4)75-97-101(89,90)95-71-77(84)72-96-102(91,92)98-76-79(100-83(88)70-66-62-58-54-50-46-41-34-31-27-23-19-15-11-7-3)74-94-81(86)67-63-59-55-51-48-44-42-39-36-33-30-26-22-18-14-10-6-2/h9-10,13-14,21-22,25-26,32-33,35-36,38,40,42,44-45,49,51,55,77-79,84H,5-8,11-12,15-20,23-24,27-31,34,37,39,41,43,46-48,50,52-54,56-76H2,1-4H3,(H,89,90)(H,91,92)/b13-9-,14-10-,25-21-,26-22-,35-32-,36-33-,40-38-,44-42-,49-45-,55-51-. The van der Waals surface area contributed by atoms with Crippen molar-refractivity contribution in [2.75, 3.05) is 39.6 Å². The number of ether oxygens (including phenoxy) is 4. The smallest absolute Gasteiger partial charge is 0.462 e. The van der Waals surface area contributed by atoms with Gasteiger partial charge in [-0.25, -0.2) is 9.13 Å². The lowest BCUT2D eigenvalue weighted by Crippen LogP contribution is -2.30. The van der Waals surface area contributed by atoms with Gasteiger partial charge in [-0.05, 0) is 109 Å². The van der Waals surface area contributed by atoms with E-state index in [0.717, 1.165) is 135 Å². The number of aliphatic hydroxyl groups is 1. The number of unbranched alkanes of at least 4 members (excludes halogenated alkanes) is 28. The second-order valence-electron chi connectivity index (χ2n) is 26.3. The van der Waals surface area contributed by atoms with Crippen LogP contribution in [-0.4, -0.2) is 96.7 Å². The number of hydrogen-bond donors (Lipinski definition) is 3. The molecule has 0 aromatic heterocycles. The minimum absolute atomic E-state index is 0.0833. The third-order valence-corrected chi connectivity index (χ3v) is 18.4. The lowest BCUT2D eigenvalue weighted by Gasteiger charge is -2.21. The van der Waals surface area contributed by atoms with E-state index < -0.39 is 97.5 Å². The molecule has 0 heterocycles. The van der Waals surface area contributed by atoms with Gasteiger partial charge in [0.2, 0.25) is 0 Å². The molecule has 102 heavy (non-hydrogen) atoms. The van der Waals surface area contributed by atoms with Gasteiger partial charge < -0.3 is 33.8 Å². The van der Waals surface area contributed by atoms with Crippen LogP contribution in [0.15, 0.2) is 122 Å².